The first-order valence-electron chi connectivity index (χ1n) is 6.01. The highest BCUT2D eigenvalue weighted by atomic mass is 16.3. The lowest BCUT2D eigenvalue weighted by molar-refractivity contribution is 0.238. The van der Waals surface area contributed by atoms with Crippen molar-refractivity contribution in [1.82, 2.24) is 10.3 Å². The minimum atomic E-state index is 0.173. The standard InChI is InChI=1S/C14H18N2O/c1-2-13(10-17)16-9-12-5-3-4-11-8-15-7-6-14(11)12/h3-8,13,16-17H,2,9-10H2,1H3. The van der Waals surface area contributed by atoms with Crippen molar-refractivity contribution in [1.29, 1.82) is 0 Å². The summed E-state index contributed by atoms with van der Waals surface area (Å²) >= 11 is 0. The second-order valence-electron chi connectivity index (χ2n) is 4.18. The largest absolute Gasteiger partial charge is 0.395 e. The monoisotopic (exact) mass is 230 g/mol. The molecule has 1 atom stereocenters. The summed E-state index contributed by atoms with van der Waals surface area (Å²) in [6, 6.07) is 8.42. The molecule has 0 amide bonds. The number of aliphatic hydroxyl groups is 1. The van der Waals surface area contributed by atoms with Crippen LogP contribution in [0.3, 0.4) is 0 Å². The normalized spacial score (nSPS) is 12.8. The number of rotatable bonds is 5. The number of pyridine rings is 1. The zero-order chi connectivity index (χ0) is 12.1. The minimum Gasteiger partial charge on any atom is -0.395 e. The summed E-state index contributed by atoms with van der Waals surface area (Å²) in [5.74, 6) is 0. The number of nitrogens with one attached hydrogen (secondary N) is 1. The summed E-state index contributed by atoms with van der Waals surface area (Å²) in [6.45, 7) is 3.03. The van der Waals surface area contributed by atoms with Gasteiger partial charge < -0.3 is 10.4 Å². The number of aromatic nitrogens is 1. The molecule has 3 heteroatoms. The number of benzene rings is 1. The highest BCUT2D eigenvalue weighted by Gasteiger charge is 2.05. The van der Waals surface area contributed by atoms with Crippen molar-refractivity contribution in [2.24, 2.45) is 0 Å². The molecule has 1 heterocycles. The number of hydrogen-bond donors (Lipinski definition) is 2. The first-order valence-corrected chi connectivity index (χ1v) is 6.01. The predicted molar refractivity (Wildman–Crippen MR) is 69.7 cm³/mol. The minimum absolute atomic E-state index is 0.173. The molecule has 2 rings (SSSR count). The molecule has 17 heavy (non-hydrogen) atoms. The topological polar surface area (TPSA) is 45.1 Å². The van der Waals surface area contributed by atoms with E-state index in [1.807, 2.05) is 24.5 Å². The van der Waals surface area contributed by atoms with E-state index in [9.17, 15) is 0 Å². The van der Waals surface area contributed by atoms with Crippen LogP contribution in [0.4, 0.5) is 0 Å². The Morgan fingerprint density at radius 2 is 2.24 bits per heavy atom. The molecule has 2 aromatic rings. The number of aliphatic hydroxyl groups excluding tert-OH is 1. The van der Waals surface area contributed by atoms with E-state index in [0.29, 0.717) is 0 Å². The van der Waals surface area contributed by atoms with Crippen LogP contribution < -0.4 is 5.32 Å². The average Bonchev–Trinajstić information content (AvgIpc) is 2.40. The van der Waals surface area contributed by atoms with E-state index in [1.165, 1.54) is 10.9 Å². The maximum atomic E-state index is 9.14. The molecule has 0 saturated heterocycles. The molecule has 0 fully saturated rings. The molecule has 0 aliphatic carbocycles. The molecule has 0 aliphatic rings. The number of fused-ring (bicyclic) bond motifs is 1. The molecule has 0 saturated carbocycles. The van der Waals surface area contributed by atoms with Crippen LogP contribution in [0, 0.1) is 0 Å². The van der Waals surface area contributed by atoms with Gasteiger partial charge in [0.05, 0.1) is 6.61 Å². The summed E-state index contributed by atoms with van der Waals surface area (Å²) < 4.78 is 0. The number of hydrogen-bond acceptors (Lipinski definition) is 3. The predicted octanol–water partition coefficient (Wildman–Crippen LogP) is 2.10. The average molecular weight is 230 g/mol. The summed E-state index contributed by atoms with van der Waals surface area (Å²) in [5.41, 5.74) is 1.25. The zero-order valence-electron chi connectivity index (χ0n) is 10.1. The molecule has 0 spiro atoms. The van der Waals surface area contributed by atoms with Gasteiger partial charge in [-0.25, -0.2) is 0 Å². The fraction of sp³-hybridized carbons (Fsp3) is 0.357. The Morgan fingerprint density at radius 1 is 1.35 bits per heavy atom. The molecule has 1 aromatic heterocycles. The Kier molecular flexibility index (Phi) is 4.07. The number of nitrogens with zero attached hydrogens (tertiary/aromatic N) is 1. The van der Waals surface area contributed by atoms with Gasteiger partial charge in [0, 0.05) is 30.4 Å². The Labute approximate surface area is 102 Å². The van der Waals surface area contributed by atoms with Crippen LogP contribution in [0.15, 0.2) is 36.7 Å². The quantitative estimate of drug-likeness (QED) is 0.826. The lowest BCUT2D eigenvalue weighted by atomic mass is 10.1. The summed E-state index contributed by atoms with van der Waals surface area (Å²) in [7, 11) is 0. The first-order chi connectivity index (χ1) is 8.35. The van der Waals surface area contributed by atoms with Gasteiger partial charge in [0.2, 0.25) is 0 Å². The van der Waals surface area contributed by atoms with Crippen LogP contribution >= 0.6 is 0 Å². The van der Waals surface area contributed by atoms with Gasteiger partial charge in [0.25, 0.3) is 0 Å². The van der Waals surface area contributed by atoms with Crippen molar-refractivity contribution in [3.05, 3.63) is 42.2 Å². The van der Waals surface area contributed by atoms with Crippen LogP contribution in [0.5, 0.6) is 0 Å². The van der Waals surface area contributed by atoms with Crippen LogP contribution in [-0.2, 0) is 6.54 Å². The van der Waals surface area contributed by atoms with Gasteiger partial charge in [-0.1, -0.05) is 25.1 Å². The Hall–Kier alpha value is -1.45. The van der Waals surface area contributed by atoms with E-state index in [0.717, 1.165) is 18.4 Å². The van der Waals surface area contributed by atoms with Crippen molar-refractivity contribution >= 4 is 10.8 Å². The maximum Gasteiger partial charge on any atom is 0.0584 e. The molecule has 0 aliphatic heterocycles. The van der Waals surface area contributed by atoms with Gasteiger partial charge in [0.1, 0.15) is 0 Å². The van der Waals surface area contributed by atoms with Gasteiger partial charge in [-0.3, -0.25) is 4.98 Å². The van der Waals surface area contributed by atoms with Crippen LogP contribution in [0.25, 0.3) is 10.8 Å². The lowest BCUT2D eigenvalue weighted by Gasteiger charge is -2.14. The molecule has 2 N–H and O–H groups in total. The third kappa shape index (κ3) is 2.81. The maximum absolute atomic E-state index is 9.14. The van der Waals surface area contributed by atoms with Crippen LogP contribution in [-0.4, -0.2) is 22.7 Å². The van der Waals surface area contributed by atoms with E-state index >= 15 is 0 Å². The van der Waals surface area contributed by atoms with E-state index in [4.69, 9.17) is 5.11 Å². The Morgan fingerprint density at radius 3 is 3.00 bits per heavy atom. The lowest BCUT2D eigenvalue weighted by Crippen LogP contribution is -2.31. The summed E-state index contributed by atoms with van der Waals surface area (Å²) in [6.07, 6.45) is 4.63. The van der Waals surface area contributed by atoms with Gasteiger partial charge >= 0.3 is 0 Å². The summed E-state index contributed by atoms with van der Waals surface area (Å²) in [5, 5.41) is 14.9. The van der Waals surface area contributed by atoms with E-state index in [-0.39, 0.29) is 12.6 Å². The van der Waals surface area contributed by atoms with Gasteiger partial charge in [-0.2, -0.15) is 0 Å². The van der Waals surface area contributed by atoms with Gasteiger partial charge in [-0.15, -0.1) is 0 Å². The molecule has 1 unspecified atom stereocenters. The molecule has 0 radical (unpaired) electrons. The fourth-order valence-corrected chi connectivity index (χ4v) is 1.94. The molecule has 3 nitrogen and oxygen atoms in total. The molecular formula is C14H18N2O. The van der Waals surface area contributed by atoms with Crippen molar-refractivity contribution in [2.45, 2.75) is 25.9 Å². The molecular weight excluding hydrogens is 212 g/mol. The van der Waals surface area contributed by atoms with Crippen molar-refractivity contribution in [3.8, 4) is 0 Å². The van der Waals surface area contributed by atoms with E-state index in [2.05, 4.69) is 29.4 Å². The molecule has 1 aromatic carbocycles. The van der Waals surface area contributed by atoms with E-state index in [1.54, 1.807) is 0 Å². The van der Waals surface area contributed by atoms with Crippen molar-refractivity contribution < 1.29 is 5.11 Å². The van der Waals surface area contributed by atoms with Crippen LogP contribution in [0.2, 0.25) is 0 Å². The Bertz CT molecular complexity index is 475. The van der Waals surface area contributed by atoms with Gasteiger partial charge in [0.15, 0.2) is 0 Å². The molecule has 90 valence electrons. The van der Waals surface area contributed by atoms with E-state index < -0.39 is 0 Å². The smallest absolute Gasteiger partial charge is 0.0584 e. The third-order valence-electron chi connectivity index (χ3n) is 3.07. The van der Waals surface area contributed by atoms with Crippen molar-refractivity contribution in [2.75, 3.05) is 6.61 Å². The van der Waals surface area contributed by atoms with Crippen LogP contribution in [0.1, 0.15) is 18.9 Å². The SMILES string of the molecule is CCC(CO)NCc1cccc2cnccc12. The Balaban J connectivity index is 2.18. The highest BCUT2D eigenvalue weighted by Crippen LogP contribution is 2.17. The first kappa shape index (κ1) is 12.0. The van der Waals surface area contributed by atoms with Crippen molar-refractivity contribution in [3.63, 3.8) is 0 Å². The zero-order valence-corrected chi connectivity index (χ0v) is 10.1. The second kappa shape index (κ2) is 5.75. The summed E-state index contributed by atoms with van der Waals surface area (Å²) in [4.78, 5) is 4.12. The van der Waals surface area contributed by atoms with Gasteiger partial charge in [-0.05, 0) is 23.4 Å². The second-order valence-corrected chi connectivity index (χ2v) is 4.18. The fourth-order valence-electron chi connectivity index (χ4n) is 1.94. The third-order valence-corrected chi connectivity index (χ3v) is 3.07. The highest BCUT2D eigenvalue weighted by molar-refractivity contribution is 5.84. The molecule has 0 bridgehead atoms.